The highest BCUT2D eigenvalue weighted by Crippen LogP contribution is 2.28. The first kappa shape index (κ1) is 13.0. The highest BCUT2D eigenvalue weighted by molar-refractivity contribution is 7.18. The normalized spacial score (nSPS) is 11.3. The zero-order valence-electron chi connectivity index (χ0n) is 11.7. The number of hydrogen-bond acceptors (Lipinski definition) is 6. The molecule has 104 valence electrons. The van der Waals surface area contributed by atoms with E-state index >= 15 is 0 Å². The van der Waals surface area contributed by atoms with Gasteiger partial charge in [0.25, 0.3) is 0 Å². The van der Waals surface area contributed by atoms with Crippen molar-refractivity contribution in [3.05, 3.63) is 22.6 Å². The lowest BCUT2D eigenvalue weighted by Gasteiger charge is -2.05. The molecule has 0 spiro atoms. The van der Waals surface area contributed by atoms with Crippen LogP contribution >= 0.6 is 11.3 Å². The summed E-state index contributed by atoms with van der Waals surface area (Å²) in [6.45, 7) is 6.14. The predicted octanol–water partition coefficient (Wildman–Crippen LogP) is 2.29. The first-order chi connectivity index (χ1) is 9.62. The Kier molecular flexibility index (Phi) is 3.13. The molecule has 0 radical (unpaired) electrons. The number of aryl methyl sites for hydroxylation is 3. The first-order valence-electron chi connectivity index (χ1n) is 6.61. The molecule has 0 amide bonds. The Labute approximate surface area is 120 Å². The molecule has 3 rings (SSSR count). The van der Waals surface area contributed by atoms with Gasteiger partial charge in [0.1, 0.15) is 10.7 Å². The number of nitrogens with two attached hydrogens (primary N) is 1. The first-order valence-corrected chi connectivity index (χ1v) is 7.42. The molecule has 0 fully saturated rings. The van der Waals surface area contributed by atoms with Crippen LogP contribution in [0.25, 0.3) is 16.0 Å². The molecule has 3 aromatic heterocycles. The summed E-state index contributed by atoms with van der Waals surface area (Å²) < 4.78 is 1.80. The van der Waals surface area contributed by atoms with Crippen molar-refractivity contribution in [3.63, 3.8) is 0 Å². The van der Waals surface area contributed by atoms with E-state index < -0.39 is 0 Å². The highest BCUT2D eigenvalue weighted by atomic mass is 32.1. The van der Waals surface area contributed by atoms with Gasteiger partial charge >= 0.3 is 0 Å². The summed E-state index contributed by atoms with van der Waals surface area (Å²) >= 11 is 1.61. The summed E-state index contributed by atoms with van der Waals surface area (Å²) in [5, 5.41) is 5.51. The molecule has 0 saturated carbocycles. The summed E-state index contributed by atoms with van der Waals surface area (Å²) in [5.74, 6) is 2.70. The van der Waals surface area contributed by atoms with Crippen molar-refractivity contribution in [1.29, 1.82) is 0 Å². The fourth-order valence-electron chi connectivity index (χ4n) is 2.14. The second-order valence-corrected chi connectivity index (χ2v) is 5.78. The number of nitrogens with zero attached hydrogens (tertiary/aromatic N) is 5. The van der Waals surface area contributed by atoms with Crippen LogP contribution in [0.4, 0.5) is 5.95 Å². The second-order valence-electron chi connectivity index (χ2n) is 4.54. The number of aromatic nitrogens is 5. The number of fused-ring (bicyclic) bond motifs is 1. The monoisotopic (exact) mass is 288 g/mol. The van der Waals surface area contributed by atoms with Crippen LogP contribution in [-0.2, 0) is 12.8 Å². The third-order valence-corrected chi connectivity index (χ3v) is 4.01. The lowest BCUT2D eigenvalue weighted by atomic mass is 10.3. The maximum atomic E-state index is 5.83. The molecule has 6 nitrogen and oxygen atoms in total. The average Bonchev–Trinajstić information content (AvgIpc) is 2.99. The van der Waals surface area contributed by atoms with Gasteiger partial charge in [-0.1, -0.05) is 13.8 Å². The molecule has 0 unspecified atom stereocenters. The van der Waals surface area contributed by atoms with Crippen LogP contribution in [0.3, 0.4) is 0 Å². The minimum absolute atomic E-state index is 0.268. The molecule has 3 aromatic rings. The molecule has 0 saturated heterocycles. The van der Waals surface area contributed by atoms with E-state index in [4.69, 9.17) is 5.73 Å². The van der Waals surface area contributed by atoms with Crippen molar-refractivity contribution < 1.29 is 0 Å². The molecule has 2 N–H and O–H groups in total. The Morgan fingerprint density at radius 1 is 1.20 bits per heavy atom. The Bertz CT molecular complexity index is 773. The molecular weight excluding hydrogens is 272 g/mol. The summed E-state index contributed by atoms with van der Waals surface area (Å²) in [6.07, 6.45) is 1.59. The van der Waals surface area contributed by atoms with Crippen molar-refractivity contribution in [3.8, 4) is 5.82 Å². The van der Waals surface area contributed by atoms with Gasteiger partial charge in [-0.15, -0.1) is 16.4 Å². The van der Waals surface area contributed by atoms with Crippen LogP contribution in [0.1, 0.15) is 30.4 Å². The van der Waals surface area contributed by atoms with Gasteiger partial charge < -0.3 is 5.73 Å². The van der Waals surface area contributed by atoms with Crippen LogP contribution in [0.2, 0.25) is 0 Å². The summed E-state index contributed by atoms with van der Waals surface area (Å²) in [7, 11) is 0. The quantitative estimate of drug-likeness (QED) is 0.799. The Balaban J connectivity index is 2.30. The van der Waals surface area contributed by atoms with Gasteiger partial charge in [0.15, 0.2) is 11.6 Å². The molecule has 0 aliphatic heterocycles. The molecule has 7 heteroatoms. The third-order valence-electron chi connectivity index (χ3n) is 3.06. The van der Waals surface area contributed by atoms with E-state index in [0.717, 1.165) is 40.5 Å². The van der Waals surface area contributed by atoms with E-state index in [1.165, 1.54) is 4.88 Å². The predicted molar refractivity (Wildman–Crippen MR) is 80.2 cm³/mol. The van der Waals surface area contributed by atoms with Crippen molar-refractivity contribution in [2.75, 3.05) is 5.73 Å². The van der Waals surface area contributed by atoms with Gasteiger partial charge in [0.05, 0.1) is 5.39 Å². The van der Waals surface area contributed by atoms with Crippen molar-refractivity contribution >= 4 is 27.5 Å². The molecule has 0 bridgehead atoms. The van der Waals surface area contributed by atoms with Crippen LogP contribution in [0.5, 0.6) is 0 Å². The van der Waals surface area contributed by atoms with Crippen LogP contribution in [0.15, 0.2) is 6.07 Å². The van der Waals surface area contributed by atoms with Crippen molar-refractivity contribution in [2.24, 2.45) is 0 Å². The van der Waals surface area contributed by atoms with Crippen molar-refractivity contribution in [2.45, 2.75) is 33.6 Å². The van der Waals surface area contributed by atoms with Crippen LogP contribution in [-0.4, -0.2) is 24.7 Å². The Morgan fingerprint density at radius 3 is 2.70 bits per heavy atom. The minimum atomic E-state index is 0.268. The largest absolute Gasteiger partial charge is 0.368 e. The van der Waals surface area contributed by atoms with Gasteiger partial charge in [-0.2, -0.15) is 9.67 Å². The van der Waals surface area contributed by atoms with Crippen molar-refractivity contribution in [1.82, 2.24) is 24.7 Å². The van der Waals surface area contributed by atoms with Gasteiger partial charge in [-0.25, -0.2) is 9.97 Å². The second kappa shape index (κ2) is 4.82. The van der Waals surface area contributed by atoms with E-state index in [2.05, 4.69) is 33.0 Å². The van der Waals surface area contributed by atoms with Gasteiger partial charge in [-0.3, -0.25) is 0 Å². The number of thiophene rings is 1. The zero-order valence-corrected chi connectivity index (χ0v) is 12.5. The number of nitrogen functional groups attached to an aromatic ring is 1. The number of rotatable bonds is 3. The van der Waals surface area contributed by atoms with Gasteiger partial charge in [0, 0.05) is 17.7 Å². The SMILES string of the molecule is CCc1nc(CC)n(-c2nc(N)nc3sc(C)cc23)n1. The minimum Gasteiger partial charge on any atom is -0.368 e. The van der Waals surface area contributed by atoms with E-state index in [0.29, 0.717) is 0 Å². The van der Waals surface area contributed by atoms with Gasteiger partial charge in [-0.05, 0) is 13.0 Å². The number of anilines is 1. The topological polar surface area (TPSA) is 82.5 Å². The van der Waals surface area contributed by atoms with E-state index in [1.54, 1.807) is 16.0 Å². The average molecular weight is 288 g/mol. The lowest BCUT2D eigenvalue weighted by molar-refractivity contribution is 0.775. The van der Waals surface area contributed by atoms with Crippen LogP contribution < -0.4 is 5.73 Å². The molecule has 0 aromatic carbocycles. The maximum Gasteiger partial charge on any atom is 0.223 e. The highest BCUT2D eigenvalue weighted by Gasteiger charge is 2.16. The lowest BCUT2D eigenvalue weighted by Crippen LogP contribution is -2.07. The molecule has 3 heterocycles. The molecule has 0 atom stereocenters. The standard InChI is InChI=1S/C13H16N6S/c1-4-9-15-10(5-2)19(18-9)11-8-6-7(3)20-12(8)17-13(14)16-11/h6H,4-5H2,1-3H3,(H2,14,16,17). The molecule has 0 aliphatic carbocycles. The molecule has 20 heavy (non-hydrogen) atoms. The summed E-state index contributed by atoms with van der Waals surface area (Å²) in [6, 6.07) is 2.07. The Morgan fingerprint density at radius 2 is 2.00 bits per heavy atom. The van der Waals surface area contributed by atoms with Crippen LogP contribution in [0, 0.1) is 6.92 Å². The van der Waals surface area contributed by atoms with E-state index in [-0.39, 0.29) is 5.95 Å². The summed E-state index contributed by atoms with van der Waals surface area (Å²) in [4.78, 5) is 15.2. The van der Waals surface area contributed by atoms with E-state index in [1.807, 2.05) is 13.8 Å². The van der Waals surface area contributed by atoms with E-state index in [9.17, 15) is 0 Å². The fraction of sp³-hybridized carbons (Fsp3) is 0.385. The number of hydrogen-bond donors (Lipinski definition) is 1. The Hall–Kier alpha value is -2.02. The van der Waals surface area contributed by atoms with Gasteiger partial charge in [0.2, 0.25) is 5.95 Å². The summed E-state index contributed by atoms with van der Waals surface area (Å²) in [5.41, 5.74) is 5.83. The fourth-order valence-corrected chi connectivity index (χ4v) is 3.03. The zero-order chi connectivity index (χ0) is 14.3. The smallest absolute Gasteiger partial charge is 0.223 e. The third kappa shape index (κ3) is 2.03. The molecular formula is C13H16N6S. The maximum absolute atomic E-state index is 5.83. The molecule has 0 aliphatic rings.